The van der Waals surface area contributed by atoms with Crippen LogP contribution in [0.25, 0.3) is 5.57 Å². The Morgan fingerprint density at radius 2 is 2.02 bits per heavy atom. The number of hydrogen-bond donors (Lipinski definition) is 1. The molecule has 0 aromatic heterocycles. The number of rotatable bonds is 7. The van der Waals surface area contributed by atoms with E-state index in [4.69, 9.17) is 21.1 Å². The molecule has 0 unspecified atom stereocenters. The Morgan fingerprint density at radius 3 is 2.76 bits per heavy atom. The number of carbonyl (C=O) groups excluding carboxylic acids is 1. The van der Waals surface area contributed by atoms with E-state index in [2.05, 4.69) is 29.6 Å². The number of ether oxygens (including phenoxy) is 2. The molecule has 41 heavy (non-hydrogen) atoms. The molecule has 2 atom stereocenters. The van der Waals surface area contributed by atoms with Gasteiger partial charge in [-0.2, -0.15) is 0 Å². The number of halogens is 2. The third-order valence-corrected chi connectivity index (χ3v) is 12.1. The van der Waals surface area contributed by atoms with Crippen molar-refractivity contribution in [2.24, 2.45) is 5.41 Å². The average Bonchev–Trinajstić information content (AvgIpc) is 3.86. The second-order valence-electron chi connectivity index (χ2n) is 11.0. The standard InChI is InChI=1S/C31H24ClIN3O5/c1-40-27-9-22-25(10-28(27)41-15-17-4-16(13-32)5-20(6-17)36(38)39)34-14-21-8-19-7-18(2-3-26(19)35(21)30(22)37)23-11-31(23)12-24-29(31)33-24/h2-7,9-11,21,34H,8,12-15H2,1H3/q-1/t21-,31+/m0/s1. The Balaban J connectivity index is 1.05. The van der Waals surface area contributed by atoms with Crippen LogP contribution in [0.2, 0.25) is 0 Å². The van der Waals surface area contributed by atoms with E-state index < -0.39 is 4.92 Å². The van der Waals surface area contributed by atoms with Crippen LogP contribution in [0.1, 0.15) is 39.0 Å². The zero-order valence-electron chi connectivity index (χ0n) is 22.0. The molecule has 1 spiro atoms. The summed E-state index contributed by atoms with van der Waals surface area (Å²) >= 11 is 6.21. The predicted octanol–water partition coefficient (Wildman–Crippen LogP) is 3.02. The zero-order valence-corrected chi connectivity index (χ0v) is 24.9. The molecule has 1 amide bonds. The number of amides is 1. The fourth-order valence-corrected chi connectivity index (χ4v) is 9.69. The number of benzene rings is 3. The van der Waals surface area contributed by atoms with Gasteiger partial charge in [0.1, 0.15) is 6.61 Å². The normalized spacial score (nSPS) is 22.7. The van der Waals surface area contributed by atoms with Gasteiger partial charge in [-0.3, -0.25) is 10.1 Å². The fraction of sp³-hybridized carbons (Fsp3) is 0.258. The molecule has 0 saturated carbocycles. The van der Waals surface area contributed by atoms with E-state index in [1.807, 2.05) is 4.90 Å². The number of hydrogen-bond acceptors (Lipinski definition) is 6. The van der Waals surface area contributed by atoms with E-state index in [-0.39, 0.29) is 51.3 Å². The van der Waals surface area contributed by atoms with E-state index >= 15 is 0 Å². The molecule has 0 saturated heterocycles. The Hall–Kier alpha value is -3.57. The number of nitrogens with one attached hydrogen (secondary N) is 1. The molecule has 8 nitrogen and oxygen atoms in total. The third-order valence-electron chi connectivity index (χ3n) is 8.57. The van der Waals surface area contributed by atoms with Crippen LogP contribution >= 0.6 is 11.6 Å². The van der Waals surface area contributed by atoms with Crippen LogP contribution in [0.5, 0.6) is 11.5 Å². The molecule has 8 rings (SSSR count). The molecule has 208 valence electrons. The molecular weight excluding hydrogens is 657 g/mol. The molecule has 3 aromatic rings. The van der Waals surface area contributed by atoms with Crippen molar-refractivity contribution in [3.63, 3.8) is 0 Å². The number of alkyl halides is 1. The number of anilines is 2. The van der Waals surface area contributed by atoms with Gasteiger partial charge >= 0.3 is 156 Å². The molecular formula is C31H24ClIN3O5-. The van der Waals surface area contributed by atoms with Crippen LogP contribution in [-0.2, 0) is 18.9 Å². The van der Waals surface area contributed by atoms with Gasteiger partial charge in [0.15, 0.2) is 5.75 Å². The van der Waals surface area contributed by atoms with Crippen molar-refractivity contribution in [3.8, 4) is 11.5 Å². The van der Waals surface area contributed by atoms with Gasteiger partial charge in [0.05, 0.1) is 12.0 Å². The van der Waals surface area contributed by atoms with Gasteiger partial charge in [-0.05, 0) is 11.1 Å². The Kier molecular flexibility index (Phi) is 5.50. The number of allylic oxidation sites excluding steroid dienone is 4. The first-order valence-electron chi connectivity index (χ1n) is 13.4. The van der Waals surface area contributed by atoms with Crippen molar-refractivity contribution in [2.45, 2.75) is 31.4 Å². The van der Waals surface area contributed by atoms with Crippen molar-refractivity contribution in [1.82, 2.24) is 0 Å². The number of non-ortho nitro benzene ring substituents is 1. The summed E-state index contributed by atoms with van der Waals surface area (Å²) in [6.07, 6.45) is 4.49. The zero-order chi connectivity index (χ0) is 28.0. The summed E-state index contributed by atoms with van der Waals surface area (Å²) in [7, 11) is 1.53. The van der Waals surface area contributed by atoms with E-state index in [0.29, 0.717) is 45.8 Å². The first kappa shape index (κ1) is 25.2. The van der Waals surface area contributed by atoms with Gasteiger partial charge in [0.2, 0.25) is 0 Å². The van der Waals surface area contributed by atoms with E-state index in [0.717, 1.165) is 12.1 Å². The summed E-state index contributed by atoms with van der Waals surface area (Å²) in [6, 6.07) is 14.8. The van der Waals surface area contributed by atoms with Crippen LogP contribution < -0.4 is 40.9 Å². The quantitative estimate of drug-likeness (QED) is 0.179. The number of methoxy groups -OCH3 is 1. The van der Waals surface area contributed by atoms with E-state index in [1.54, 1.807) is 25.4 Å². The van der Waals surface area contributed by atoms with E-state index in [9.17, 15) is 14.9 Å². The topological polar surface area (TPSA) is 93.9 Å². The maximum absolute atomic E-state index is 13.9. The molecule has 0 fully saturated rings. The first-order chi connectivity index (χ1) is 19.9. The minimum absolute atomic E-state index is 0.00353. The summed E-state index contributed by atoms with van der Waals surface area (Å²) in [4.78, 5) is 26.8. The molecule has 3 aromatic carbocycles. The molecule has 3 aliphatic heterocycles. The van der Waals surface area contributed by atoms with Gasteiger partial charge in [0, 0.05) is 18.0 Å². The summed E-state index contributed by atoms with van der Waals surface area (Å²) in [6.45, 7) is 0.684. The van der Waals surface area contributed by atoms with Crippen molar-refractivity contribution in [3.05, 3.63) is 99.7 Å². The molecule has 2 aliphatic carbocycles. The molecule has 3 heterocycles. The number of nitro benzene ring substituents is 1. The molecule has 1 N–H and O–H groups in total. The van der Waals surface area contributed by atoms with Crippen molar-refractivity contribution in [2.75, 3.05) is 23.9 Å². The molecule has 5 aliphatic rings. The first-order valence-corrected chi connectivity index (χ1v) is 16.1. The van der Waals surface area contributed by atoms with Crippen LogP contribution in [0.3, 0.4) is 0 Å². The van der Waals surface area contributed by atoms with Crippen LogP contribution in [0.4, 0.5) is 17.1 Å². The average molecular weight is 681 g/mol. The number of carbonyl (C=O) groups is 1. The van der Waals surface area contributed by atoms with Crippen molar-refractivity contribution in [1.29, 1.82) is 0 Å². The second-order valence-corrected chi connectivity index (χ2v) is 14.2. The Bertz CT molecular complexity index is 1790. The summed E-state index contributed by atoms with van der Waals surface area (Å²) in [5.41, 5.74) is 7.71. The predicted molar refractivity (Wildman–Crippen MR) is 151 cm³/mol. The SMILES string of the molecule is COc1cc2c(cc1OCc1cc(CCl)cc([N+](=O)[O-])c1)NC[C@@H]1Cc3cc(C4=C[C@@]45CC4=C5[I-]4)ccc3N1C2=O. The number of nitrogens with zero attached hydrogens (tertiary/aromatic N) is 2. The Morgan fingerprint density at radius 1 is 1.17 bits per heavy atom. The van der Waals surface area contributed by atoms with Gasteiger partial charge in [-0.1, -0.05) is 6.07 Å². The minimum atomic E-state index is -0.446. The van der Waals surface area contributed by atoms with Gasteiger partial charge in [-0.25, -0.2) is 0 Å². The maximum atomic E-state index is 13.9. The second kappa shape index (κ2) is 8.96. The summed E-state index contributed by atoms with van der Waals surface area (Å²) in [5, 5.41) is 14.8. The monoisotopic (exact) mass is 680 g/mol. The van der Waals surface area contributed by atoms with Crippen LogP contribution in [0.15, 0.2) is 61.8 Å². The third kappa shape index (κ3) is 3.89. The van der Waals surface area contributed by atoms with Gasteiger partial charge in [-0.15, -0.1) is 11.6 Å². The van der Waals surface area contributed by atoms with Crippen molar-refractivity contribution < 1.29 is 40.4 Å². The fourth-order valence-electron chi connectivity index (χ4n) is 6.44. The van der Waals surface area contributed by atoms with Crippen LogP contribution in [0, 0.1) is 15.5 Å². The molecule has 10 heteroatoms. The Labute approximate surface area is 251 Å². The van der Waals surface area contributed by atoms with Crippen molar-refractivity contribution >= 4 is 40.1 Å². The van der Waals surface area contributed by atoms with E-state index in [1.165, 1.54) is 42.4 Å². The number of fused-ring (bicyclic) bond motifs is 5. The summed E-state index contributed by atoms with van der Waals surface area (Å²) in [5.74, 6) is 0.939. The van der Waals surface area contributed by atoms with Gasteiger partial charge < -0.3 is 9.47 Å². The van der Waals surface area contributed by atoms with Crippen LogP contribution in [-0.4, -0.2) is 30.5 Å². The van der Waals surface area contributed by atoms with Gasteiger partial charge in [0.25, 0.3) is 5.69 Å². The summed E-state index contributed by atoms with van der Waals surface area (Å²) < 4.78 is 15.2. The number of nitro groups is 1. The molecule has 0 bridgehead atoms. The molecule has 0 radical (unpaired) electrons.